The van der Waals surface area contributed by atoms with Gasteiger partial charge in [-0.1, -0.05) is 36.7 Å². The number of nitrogens with two attached hydrogens (primary N) is 1. The minimum atomic E-state index is -1.05. The van der Waals surface area contributed by atoms with Gasteiger partial charge in [0.15, 0.2) is 0 Å². The number of carboxylic acid groups (broad SMARTS) is 1. The molecule has 2 rings (SSSR count). The molecule has 0 aromatic heterocycles. The zero-order valence-corrected chi connectivity index (χ0v) is 13.3. The summed E-state index contributed by atoms with van der Waals surface area (Å²) in [6, 6.07) is 10.3. The lowest BCUT2D eigenvalue weighted by atomic mass is 9.94. The maximum Gasteiger partial charge on any atom is 0.321 e. The molecule has 0 amide bonds. The van der Waals surface area contributed by atoms with Crippen molar-refractivity contribution < 1.29 is 19.0 Å². The molecule has 0 saturated heterocycles. The monoisotopic (exact) mass is 337 g/mol. The van der Waals surface area contributed by atoms with E-state index in [4.69, 9.17) is 27.2 Å². The van der Waals surface area contributed by atoms with Gasteiger partial charge in [0, 0.05) is 11.5 Å². The average Bonchev–Trinajstić information content (AvgIpc) is 2.53. The molecule has 1 unspecified atom stereocenters. The predicted octanol–water partition coefficient (Wildman–Crippen LogP) is 3.57. The highest BCUT2D eigenvalue weighted by molar-refractivity contribution is 6.31. The van der Waals surface area contributed by atoms with Gasteiger partial charge in [-0.2, -0.15) is 0 Å². The Labute approximate surface area is 138 Å². The van der Waals surface area contributed by atoms with E-state index >= 15 is 0 Å². The second-order valence-electron chi connectivity index (χ2n) is 5.21. The number of benzene rings is 2. The molecule has 0 heterocycles. The van der Waals surface area contributed by atoms with E-state index in [2.05, 4.69) is 0 Å². The van der Waals surface area contributed by atoms with E-state index in [0.717, 1.165) is 5.56 Å². The molecule has 4 nitrogen and oxygen atoms in total. The molecule has 0 aliphatic carbocycles. The molecular weight excluding hydrogens is 321 g/mol. The summed E-state index contributed by atoms with van der Waals surface area (Å²) in [5.74, 6) is -1.27. The Balaban J connectivity index is 2.04. The van der Waals surface area contributed by atoms with Crippen molar-refractivity contribution in [3.05, 3.63) is 64.4 Å². The summed E-state index contributed by atoms with van der Waals surface area (Å²) < 4.78 is 19.2. The lowest BCUT2D eigenvalue weighted by Gasteiger charge is -2.16. The summed E-state index contributed by atoms with van der Waals surface area (Å²) in [7, 11) is 0. The number of carboxylic acids is 1. The first-order chi connectivity index (χ1) is 10.9. The Bertz CT molecular complexity index is 670. The third-order valence-corrected chi connectivity index (χ3v) is 4.03. The Hall–Kier alpha value is -2.11. The molecule has 3 N–H and O–H groups in total. The van der Waals surface area contributed by atoms with Crippen molar-refractivity contribution in [1.29, 1.82) is 0 Å². The van der Waals surface area contributed by atoms with Gasteiger partial charge in [-0.05, 0) is 29.8 Å². The number of halogens is 2. The smallest absolute Gasteiger partial charge is 0.321 e. The summed E-state index contributed by atoms with van der Waals surface area (Å²) in [6.07, 6.45) is 0. The summed E-state index contributed by atoms with van der Waals surface area (Å²) in [5.41, 5.74) is 6.69. The molecule has 0 bridgehead atoms. The molecule has 0 fully saturated rings. The zero-order valence-electron chi connectivity index (χ0n) is 12.5. The van der Waals surface area contributed by atoms with Crippen LogP contribution in [0.15, 0.2) is 42.5 Å². The number of carbonyl (C=O) groups is 1. The molecule has 2 aromatic rings. The van der Waals surface area contributed by atoms with E-state index < -0.39 is 17.8 Å². The lowest BCUT2D eigenvalue weighted by Crippen LogP contribution is -2.35. The standard InChI is InChI=1S/C17H17ClFNO3/c1-10(16(20)17(21)22)11-5-7-12(8-6-11)23-9-13-14(18)3-2-4-15(13)19/h2-8,10,16H,9,20H2,1H3,(H,21,22)/t10?,16-/m1/s1. The highest BCUT2D eigenvalue weighted by Gasteiger charge is 2.21. The maximum absolute atomic E-state index is 13.7. The summed E-state index contributed by atoms with van der Waals surface area (Å²) in [4.78, 5) is 10.9. The van der Waals surface area contributed by atoms with Crippen molar-refractivity contribution in [2.45, 2.75) is 25.5 Å². The van der Waals surface area contributed by atoms with Crippen LogP contribution < -0.4 is 10.5 Å². The molecule has 0 saturated carbocycles. The molecule has 0 radical (unpaired) electrons. The van der Waals surface area contributed by atoms with Crippen LogP contribution in [0.25, 0.3) is 0 Å². The summed E-state index contributed by atoms with van der Waals surface area (Å²) in [5, 5.41) is 9.24. The molecule has 0 aliphatic rings. The Kier molecular flexibility index (Phi) is 5.58. The van der Waals surface area contributed by atoms with Crippen molar-refractivity contribution in [1.82, 2.24) is 0 Å². The Morgan fingerprint density at radius 2 is 1.96 bits per heavy atom. The van der Waals surface area contributed by atoms with Crippen LogP contribution in [0.5, 0.6) is 5.75 Å². The average molecular weight is 338 g/mol. The molecule has 2 atom stereocenters. The topological polar surface area (TPSA) is 72.5 Å². The van der Waals surface area contributed by atoms with Gasteiger partial charge in [0.25, 0.3) is 0 Å². The van der Waals surface area contributed by atoms with Crippen LogP contribution in [0.2, 0.25) is 5.02 Å². The molecule has 2 aromatic carbocycles. The van der Waals surface area contributed by atoms with E-state index in [1.165, 1.54) is 12.1 Å². The van der Waals surface area contributed by atoms with Crippen molar-refractivity contribution >= 4 is 17.6 Å². The van der Waals surface area contributed by atoms with E-state index in [0.29, 0.717) is 16.3 Å². The number of ether oxygens (including phenoxy) is 1. The second kappa shape index (κ2) is 7.44. The van der Waals surface area contributed by atoms with Crippen LogP contribution >= 0.6 is 11.6 Å². The van der Waals surface area contributed by atoms with E-state index in [1.54, 1.807) is 37.3 Å². The first kappa shape index (κ1) is 17.2. The largest absolute Gasteiger partial charge is 0.489 e. The summed E-state index contributed by atoms with van der Waals surface area (Å²) in [6.45, 7) is 1.75. The molecule has 0 aliphatic heterocycles. The van der Waals surface area contributed by atoms with Crippen molar-refractivity contribution in [2.75, 3.05) is 0 Å². The second-order valence-corrected chi connectivity index (χ2v) is 5.62. The number of rotatable bonds is 6. The van der Waals surface area contributed by atoms with Gasteiger partial charge in [-0.3, -0.25) is 4.79 Å². The van der Waals surface area contributed by atoms with Crippen LogP contribution in [0.3, 0.4) is 0 Å². The van der Waals surface area contributed by atoms with Gasteiger partial charge < -0.3 is 15.6 Å². The van der Waals surface area contributed by atoms with Crippen molar-refractivity contribution in [2.24, 2.45) is 5.73 Å². The highest BCUT2D eigenvalue weighted by Crippen LogP contribution is 2.24. The molecule has 23 heavy (non-hydrogen) atoms. The Morgan fingerprint density at radius 1 is 1.30 bits per heavy atom. The van der Waals surface area contributed by atoms with Gasteiger partial charge >= 0.3 is 5.97 Å². The van der Waals surface area contributed by atoms with Crippen molar-refractivity contribution in [3.63, 3.8) is 0 Å². The first-order valence-electron chi connectivity index (χ1n) is 7.04. The number of aliphatic carboxylic acids is 1. The number of hydrogen-bond donors (Lipinski definition) is 2. The van der Waals surface area contributed by atoms with Gasteiger partial charge in [0.05, 0.1) is 5.02 Å². The van der Waals surface area contributed by atoms with E-state index in [1.807, 2.05) is 0 Å². The third kappa shape index (κ3) is 4.21. The molecule has 6 heteroatoms. The molecule has 0 spiro atoms. The third-order valence-electron chi connectivity index (χ3n) is 3.67. The summed E-state index contributed by atoms with van der Waals surface area (Å²) >= 11 is 5.94. The predicted molar refractivity (Wildman–Crippen MR) is 86.2 cm³/mol. The fourth-order valence-corrected chi connectivity index (χ4v) is 2.33. The zero-order chi connectivity index (χ0) is 17.0. The molecule has 122 valence electrons. The quantitative estimate of drug-likeness (QED) is 0.845. The van der Waals surface area contributed by atoms with Gasteiger partial charge in [-0.25, -0.2) is 4.39 Å². The molecular formula is C17H17ClFNO3. The maximum atomic E-state index is 13.7. The fourth-order valence-electron chi connectivity index (χ4n) is 2.11. The van der Waals surface area contributed by atoms with Gasteiger partial charge in [0.1, 0.15) is 24.2 Å². The minimum absolute atomic E-state index is 0.00897. The van der Waals surface area contributed by atoms with Crippen LogP contribution in [0, 0.1) is 5.82 Å². The van der Waals surface area contributed by atoms with Crippen LogP contribution in [0.4, 0.5) is 4.39 Å². The normalized spacial score (nSPS) is 13.4. The minimum Gasteiger partial charge on any atom is -0.489 e. The number of hydrogen-bond acceptors (Lipinski definition) is 3. The van der Waals surface area contributed by atoms with Crippen LogP contribution in [-0.2, 0) is 11.4 Å². The first-order valence-corrected chi connectivity index (χ1v) is 7.42. The lowest BCUT2D eigenvalue weighted by molar-refractivity contribution is -0.139. The van der Waals surface area contributed by atoms with Crippen molar-refractivity contribution in [3.8, 4) is 5.75 Å². The van der Waals surface area contributed by atoms with Gasteiger partial charge in [0.2, 0.25) is 0 Å². The van der Waals surface area contributed by atoms with Crippen LogP contribution in [-0.4, -0.2) is 17.1 Å². The van der Waals surface area contributed by atoms with Gasteiger partial charge in [-0.15, -0.1) is 0 Å². The fraction of sp³-hybridized carbons (Fsp3) is 0.235. The Morgan fingerprint density at radius 3 is 2.52 bits per heavy atom. The van der Waals surface area contributed by atoms with Crippen LogP contribution in [0.1, 0.15) is 24.0 Å². The highest BCUT2D eigenvalue weighted by atomic mass is 35.5. The van der Waals surface area contributed by atoms with E-state index in [-0.39, 0.29) is 12.5 Å². The SMILES string of the molecule is CC(c1ccc(OCc2c(F)cccc2Cl)cc1)[C@@H](N)C(=O)O. The van der Waals surface area contributed by atoms with E-state index in [9.17, 15) is 9.18 Å².